The number of nitro groups is 1. The number of carbonyl (C=O) groups is 2. The number of non-ortho nitro benzene ring substituents is 1. The fraction of sp³-hybridized carbons (Fsp3) is 0.182. The van der Waals surface area contributed by atoms with Gasteiger partial charge >= 0.3 is 0 Å². The number of nitrogens with zero attached hydrogens (tertiary/aromatic N) is 3. The molecular weight excluding hydrogens is 418 g/mol. The molecule has 0 unspecified atom stereocenters. The van der Waals surface area contributed by atoms with Gasteiger partial charge in [0.05, 0.1) is 16.3 Å². The summed E-state index contributed by atoms with van der Waals surface area (Å²) < 4.78 is 0. The quantitative estimate of drug-likeness (QED) is 0.349. The number of nitro benzene ring substituents is 1. The van der Waals surface area contributed by atoms with Crippen molar-refractivity contribution in [3.63, 3.8) is 0 Å². The number of fused-ring (bicyclic) bond motifs is 1. The molecule has 2 aliphatic rings. The van der Waals surface area contributed by atoms with Crippen LogP contribution in [0.5, 0.6) is 0 Å². The van der Waals surface area contributed by atoms with Gasteiger partial charge in [-0.05, 0) is 36.1 Å². The number of hydrogen-bond acceptors (Lipinski definition) is 7. The van der Waals surface area contributed by atoms with E-state index >= 15 is 0 Å². The van der Waals surface area contributed by atoms with Gasteiger partial charge in [0.25, 0.3) is 11.6 Å². The Morgan fingerprint density at radius 1 is 1.03 bits per heavy atom. The largest absolute Gasteiger partial charge is 0.273 e. The van der Waals surface area contributed by atoms with E-state index in [1.165, 1.54) is 35.6 Å². The van der Waals surface area contributed by atoms with Gasteiger partial charge in [0.15, 0.2) is 6.10 Å². The number of para-hydroxylation sites is 1. The van der Waals surface area contributed by atoms with Gasteiger partial charge in [0, 0.05) is 17.0 Å². The molecule has 1 aromatic heterocycles. The molecule has 5 rings (SSSR count). The molecule has 3 atom stereocenters. The average Bonchev–Trinajstić information content (AvgIpc) is 3.46. The summed E-state index contributed by atoms with van der Waals surface area (Å²) >= 11 is 1.49. The first-order valence-electron chi connectivity index (χ1n) is 9.64. The molecule has 0 N–H and O–H groups in total. The number of hydrogen-bond donors (Lipinski definition) is 0. The standard InChI is InChI=1S/C22H17N3O5S/c1-13-6-2-3-9-16(13)24-19(17-10-5-11-31-17)18-20(30-24)22(27)23(21(18)26)14-7-4-8-15(12-14)25(28)29/h2-12,18-20H,1H3/t18-,19+,20-/m0/s1. The van der Waals surface area contributed by atoms with Crippen molar-refractivity contribution in [1.29, 1.82) is 0 Å². The van der Waals surface area contributed by atoms with Crippen molar-refractivity contribution in [3.05, 3.63) is 86.6 Å². The summed E-state index contributed by atoms with van der Waals surface area (Å²) in [4.78, 5) is 45.3. The van der Waals surface area contributed by atoms with Crippen LogP contribution in [0.25, 0.3) is 0 Å². The second-order valence-electron chi connectivity index (χ2n) is 7.41. The lowest BCUT2D eigenvalue weighted by Gasteiger charge is -2.28. The second-order valence-corrected chi connectivity index (χ2v) is 8.39. The van der Waals surface area contributed by atoms with Crippen LogP contribution in [-0.2, 0) is 14.4 Å². The molecule has 9 heteroatoms. The SMILES string of the molecule is Cc1ccccc1N1O[C@@H]2C(=O)N(c3cccc([N+](=O)[O-])c3)C(=O)[C@H]2[C@H]1c1cccs1. The lowest BCUT2D eigenvalue weighted by Crippen LogP contribution is -2.37. The van der Waals surface area contributed by atoms with E-state index in [9.17, 15) is 19.7 Å². The van der Waals surface area contributed by atoms with Crippen LogP contribution in [0.2, 0.25) is 0 Å². The fourth-order valence-electron chi connectivity index (χ4n) is 4.18. The number of rotatable bonds is 4. The van der Waals surface area contributed by atoms with Crippen molar-refractivity contribution >= 4 is 40.2 Å². The van der Waals surface area contributed by atoms with Crippen LogP contribution in [0.4, 0.5) is 17.1 Å². The summed E-state index contributed by atoms with van der Waals surface area (Å²) in [6.07, 6.45) is -1.00. The first-order chi connectivity index (χ1) is 15.0. The van der Waals surface area contributed by atoms with Crippen molar-refractivity contribution in [2.45, 2.75) is 19.1 Å². The molecule has 0 spiro atoms. The molecule has 2 amide bonds. The van der Waals surface area contributed by atoms with Crippen LogP contribution in [0.15, 0.2) is 66.0 Å². The van der Waals surface area contributed by atoms with Crippen molar-refractivity contribution in [2.24, 2.45) is 5.92 Å². The minimum atomic E-state index is -1.00. The Morgan fingerprint density at radius 3 is 2.55 bits per heavy atom. The summed E-state index contributed by atoms with van der Waals surface area (Å²) in [5, 5.41) is 14.7. The summed E-state index contributed by atoms with van der Waals surface area (Å²) in [6, 6.07) is 16.5. The average molecular weight is 435 g/mol. The zero-order chi connectivity index (χ0) is 21.7. The Bertz CT molecular complexity index is 1200. The third-order valence-electron chi connectivity index (χ3n) is 5.60. The van der Waals surface area contributed by atoms with E-state index in [1.54, 1.807) is 5.06 Å². The third kappa shape index (κ3) is 3.01. The van der Waals surface area contributed by atoms with Crippen LogP contribution in [0.1, 0.15) is 16.5 Å². The van der Waals surface area contributed by atoms with E-state index in [2.05, 4.69) is 0 Å². The molecule has 2 aromatic carbocycles. The third-order valence-corrected chi connectivity index (χ3v) is 6.54. The summed E-state index contributed by atoms with van der Waals surface area (Å²) in [7, 11) is 0. The van der Waals surface area contributed by atoms with Crippen LogP contribution in [0.3, 0.4) is 0 Å². The zero-order valence-corrected chi connectivity index (χ0v) is 17.2. The van der Waals surface area contributed by atoms with E-state index in [0.29, 0.717) is 0 Å². The molecular formula is C22H17N3O5S. The van der Waals surface area contributed by atoms with E-state index < -0.39 is 34.8 Å². The Kier molecular flexibility index (Phi) is 4.57. The van der Waals surface area contributed by atoms with E-state index in [-0.39, 0.29) is 11.4 Å². The van der Waals surface area contributed by atoms with Gasteiger partial charge in [-0.3, -0.25) is 24.5 Å². The summed E-state index contributed by atoms with van der Waals surface area (Å²) in [6.45, 7) is 1.94. The Balaban J connectivity index is 1.57. The molecule has 31 heavy (non-hydrogen) atoms. The van der Waals surface area contributed by atoms with E-state index in [0.717, 1.165) is 21.0 Å². The van der Waals surface area contributed by atoms with Gasteiger partial charge in [0.1, 0.15) is 12.0 Å². The van der Waals surface area contributed by atoms with Crippen LogP contribution >= 0.6 is 11.3 Å². The van der Waals surface area contributed by atoms with Gasteiger partial charge in [-0.2, -0.15) is 0 Å². The number of carbonyl (C=O) groups excluding carboxylic acids is 2. The van der Waals surface area contributed by atoms with Crippen molar-refractivity contribution in [3.8, 4) is 0 Å². The molecule has 2 aliphatic heterocycles. The lowest BCUT2D eigenvalue weighted by molar-refractivity contribution is -0.384. The predicted octanol–water partition coefficient (Wildman–Crippen LogP) is 4.02. The molecule has 3 aromatic rings. The molecule has 8 nitrogen and oxygen atoms in total. The Morgan fingerprint density at radius 2 is 1.84 bits per heavy atom. The minimum Gasteiger partial charge on any atom is -0.273 e. The molecule has 0 aliphatic carbocycles. The molecule has 0 saturated carbocycles. The number of amides is 2. The smallest absolute Gasteiger partial charge is 0.271 e. The zero-order valence-electron chi connectivity index (χ0n) is 16.4. The molecule has 2 saturated heterocycles. The van der Waals surface area contributed by atoms with E-state index in [1.807, 2.05) is 48.7 Å². The van der Waals surface area contributed by atoms with Gasteiger partial charge < -0.3 is 0 Å². The van der Waals surface area contributed by atoms with Crippen molar-refractivity contribution < 1.29 is 19.3 Å². The first kappa shape index (κ1) is 19.4. The number of anilines is 2. The molecule has 0 radical (unpaired) electrons. The number of hydroxylamine groups is 1. The number of thiophene rings is 1. The fourth-order valence-corrected chi connectivity index (χ4v) is 5.04. The maximum absolute atomic E-state index is 13.5. The number of imide groups is 1. The predicted molar refractivity (Wildman–Crippen MR) is 115 cm³/mol. The van der Waals surface area contributed by atoms with Crippen LogP contribution in [-0.4, -0.2) is 22.8 Å². The Hall–Kier alpha value is -3.56. The van der Waals surface area contributed by atoms with Crippen LogP contribution in [0, 0.1) is 23.0 Å². The highest BCUT2D eigenvalue weighted by Gasteiger charge is 2.60. The molecule has 156 valence electrons. The maximum atomic E-state index is 13.5. The molecule has 3 heterocycles. The van der Waals surface area contributed by atoms with Gasteiger partial charge in [-0.25, -0.2) is 9.96 Å². The highest BCUT2D eigenvalue weighted by atomic mass is 32.1. The first-order valence-corrected chi connectivity index (χ1v) is 10.5. The second kappa shape index (κ2) is 7.29. The van der Waals surface area contributed by atoms with Gasteiger partial charge in [0.2, 0.25) is 5.91 Å². The normalized spacial score (nSPS) is 22.8. The summed E-state index contributed by atoms with van der Waals surface area (Å²) in [5.41, 5.74) is 1.74. The maximum Gasteiger partial charge on any atom is 0.271 e. The van der Waals surface area contributed by atoms with Crippen LogP contribution < -0.4 is 9.96 Å². The highest BCUT2D eigenvalue weighted by Crippen LogP contribution is 2.49. The molecule has 0 bridgehead atoms. The summed E-state index contributed by atoms with van der Waals surface area (Å²) in [5.74, 6) is -1.71. The number of aryl methyl sites for hydroxylation is 1. The lowest BCUT2D eigenvalue weighted by atomic mass is 9.95. The minimum absolute atomic E-state index is 0.176. The van der Waals surface area contributed by atoms with Gasteiger partial charge in [-0.15, -0.1) is 11.3 Å². The van der Waals surface area contributed by atoms with Crippen molar-refractivity contribution in [1.82, 2.24) is 0 Å². The monoisotopic (exact) mass is 435 g/mol. The van der Waals surface area contributed by atoms with Crippen molar-refractivity contribution in [2.75, 3.05) is 9.96 Å². The van der Waals surface area contributed by atoms with E-state index in [4.69, 9.17) is 4.84 Å². The number of benzene rings is 2. The highest BCUT2D eigenvalue weighted by molar-refractivity contribution is 7.10. The van der Waals surface area contributed by atoms with Gasteiger partial charge in [-0.1, -0.05) is 30.3 Å². The molecule has 2 fully saturated rings. The Labute approximate surface area is 181 Å². The topological polar surface area (TPSA) is 93.0 Å².